The molecule has 0 bridgehead atoms. The van der Waals surface area contributed by atoms with E-state index >= 15 is 0 Å². The lowest BCUT2D eigenvalue weighted by Gasteiger charge is -2.27. The Morgan fingerprint density at radius 1 is 1.36 bits per heavy atom. The number of nitrogens with zero attached hydrogens (tertiary/aromatic N) is 2. The van der Waals surface area contributed by atoms with Crippen LogP contribution in [-0.2, 0) is 4.79 Å². The van der Waals surface area contributed by atoms with Crippen LogP contribution in [-0.4, -0.2) is 31.5 Å². The van der Waals surface area contributed by atoms with Gasteiger partial charge in [-0.1, -0.05) is 26.6 Å². The third-order valence-electron chi connectivity index (χ3n) is 2.15. The average molecular weight is 214 g/mol. The molecule has 0 spiro atoms. The minimum Gasteiger partial charge on any atom is -0.327 e. The first kappa shape index (κ1) is 13.4. The fourth-order valence-electron chi connectivity index (χ4n) is 0.839. The fourth-order valence-corrected chi connectivity index (χ4v) is 1.29. The van der Waals surface area contributed by atoms with Gasteiger partial charge in [0.15, 0.2) is 14.0 Å². The van der Waals surface area contributed by atoms with Crippen LogP contribution >= 0.6 is 0 Å². The monoisotopic (exact) mass is 214 g/mol. The number of rotatable bonds is 5. The molecule has 0 atom stereocenters. The van der Waals surface area contributed by atoms with Crippen LogP contribution in [0.25, 0.3) is 0 Å². The summed E-state index contributed by atoms with van der Waals surface area (Å²) in [4.78, 5) is 11.5. The highest BCUT2D eigenvalue weighted by molar-refractivity contribution is 6.73. The van der Waals surface area contributed by atoms with Crippen LogP contribution in [0.2, 0.25) is 19.6 Å². The number of hydrogen-bond donors (Lipinski definition) is 0. The molecule has 0 aromatic heterocycles. The molecule has 14 heavy (non-hydrogen) atoms. The van der Waals surface area contributed by atoms with Crippen molar-refractivity contribution in [1.29, 1.82) is 0 Å². The Bertz CT molecular complexity index is 231. The maximum absolute atomic E-state index is 11.5. The lowest BCUT2D eigenvalue weighted by Crippen LogP contribution is -2.40. The van der Waals surface area contributed by atoms with Crippen LogP contribution in [0.5, 0.6) is 0 Å². The quantitative estimate of drug-likeness (QED) is 0.400. The summed E-state index contributed by atoms with van der Waals surface area (Å²) in [5, 5.41) is 4.33. The van der Waals surface area contributed by atoms with Crippen LogP contribution in [0.4, 0.5) is 0 Å². The van der Waals surface area contributed by atoms with Crippen molar-refractivity contribution in [1.82, 2.24) is 4.67 Å². The van der Waals surface area contributed by atoms with Crippen LogP contribution in [0, 0.1) is 0 Å². The Balaban J connectivity index is 4.44. The van der Waals surface area contributed by atoms with E-state index in [0.29, 0.717) is 12.1 Å². The van der Waals surface area contributed by atoms with E-state index in [2.05, 4.69) is 24.7 Å². The zero-order chi connectivity index (χ0) is 11.4. The minimum atomic E-state index is -1.40. The van der Waals surface area contributed by atoms with Crippen LogP contribution < -0.4 is 0 Å². The Hall–Kier alpha value is -0.643. The number of carbonyl (C=O) groups is 1. The molecule has 0 saturated heterocycles. The lowest BCUT2D eigenvalue weighted by atomic mass is 10.2. The van der Waals surface area contributed by atoms with Gasteiger partial charge in [-0.25, -0.2) is 0 Å². The predicted molar refractivity (Wildman–Crippen MR) is 64.1 cm³/mol. The van der Waals surface area contributed by atoms with E-state index in [9.17, 15) is 4.79 Å². The largest absolute Gasteiger partial charge is 0.327 e. The summed E-state index contributed by atoms with van der Waals surface area (Å²) in [7, 11) is 0.555. The van der Waals surface area contributed by atoms with Gasteiger partial charge >= 0.3 is 0 Å². The number of hydrazone groups is 1. The third kappa shape index (κ3) is 4.55. The number of hydrogen-bond acceptors (Lipinski definition) is 3. The van der Waals surface area contributed by atoms with Crippen LogP contribution in [0.3, 0.4) is 0 Å². The van der Waals surface area contributed by atoms with Gasteiger partial charge in [-0.2, -0.15) is 5.10 Å². The smallest absolute Gasteiger partial charge is 0.178 e. The first-order valence-electron chi connectivity index (χ1n) is 5.11. The highest BCUT2D eigenvalue weighted by Gasteiger charge is 2.19. The molecule has 0 radical (unpaired) electrons. The normalized spacial score (nSPS) is 12.9. The van der Waals surface area contributed by atoms with Gasteiger partial charge in [0.25, 0.3) is 0 Å². The molecule has 0 saturated carbocycles. The van der Waals surface area contributed by atoms with E-state index in [4.69, 9.17) is 0 Å². The molecule has 0 aliphatic heterocycles. The van der Waals surface area contributed by atoms with Crippen molar-refractivity contribution in [3.63, 3.8) is 0 Å². The van der Waals surface area contributed by atoms with Crippen molar-refractivity contribution in [2.75, 3.05) is 7.05 Å². The molecule has 0 aliphatic rings. The summed E-state index contributed by atoms with van der Waals surface area (Å²) in [5.41, 5.74) is 0.636. The van der Waals surface area contributed by atoms with Gasteiger partial charge in [0.2, 0.25) is 0 Å². The molecule has 0 aromatic carbocycles. The SMILES string of the molecule is CCCC(=O)C(C)=NN(C)[Si](C)(C)C. The summed E-state index contributed by atoms with van der Waals surface area (Å²) >= 11 is 0. The second-order valence-corrected chi connectivity index (χ2v) is 9.54. The number of ketones is 1. The molecule has 3 nitrogen and oxygen atoms in total. The van der Waals surface area contributed by atoms with Gasteiger partial charge in [-0.15, -0.1) is 0 Å². The van der Waals surface area contributed by atoms with Crippen molar-refractivity contribution >= 4 is 19.7 Å². The molecule has 0 unspecified atom stereocenters. The molecule has 0 aliphatic carbocycles. The third-order valence-corrected chi connectivity index (χ3v) is 4.19. The van der Waals surface area contributed by atoms with Crippen molar-refractivity contribution in [2.24, 2.45) is 5.10 Å². The molecular weight excluding hydrogens is 192 g/mol. The van der Waals surface area contributed by atoms with E-state index < -0.39 is 8.24 Å². The molecule has 0 heterocycles. The first-order chi connectivity index (χ1) is 6.29. The Morgan fingerprint density at radius 3 is 2.21 bits per heavy atom. The molecule has 82 valence electrons. The second kappa shape index (κ2) is 5.29. The maximum Gasteiger partial charge on any atom is 0.178 e. The molecule has 0 aromatic rings. The van der Waals surface area contributed by atoms with Gasteiger partial charge in [0.05, 0.1) is 5.71 Å². The van der Waals surface area contributed by atoms with Crippen molar-refractivity contribution in [3.8, 4) is 0 Å². The fraction of sp³-hybridized carbons (Fsp3) is 0.800. The van der Waals surface area contributed by atoms with Gasteiger partial charge in [-0.05, 0) is 13.3 Å². The van der Waals surface area contributed by atoms with Crippen molar-refractivity contribution in [2.45, 2.75) is 46.3 Å². The number of Topliss-reactive ketones (excluding diaryl/α,β-unsaturated/α-hetero) is 1. The summed E-state index contributed by atoms with van der Waals surface area (Å²) < 4.78 is 1.97. The standard InChI is InChI=1S/C10H22N2OSi/c1-7-8-10(13)9(2)11-12(3)14(4,5)6/h7-8H2,1-6H3. The van der Waals surface area contributed by atoms with E-state index in [0.717, 1.165) is 6.42 Å². The molecule has 0 N–H and O–H groups in total. The highest BCUT2D eigenvalue weighted by Crippen LogP contribution is 2.07. The van der Waals surface area contributed by atoms with Gasteiger partial charge in [-0.3, -0.25) is 4.79 Å². The van der Waals surface area contributed by atoms with E-state index in [1.807, 2.05) is 18.6 Å². The molecule has 0 rings (SSSR count). The average Bonchev–Trinajstić information content (AvgIpc) is 2.02. The van der Waals surface area contributed by atoms with E-state index in [1.54, 1.807) is 6.92 Å². The zero-order valence-electron chi connectivity index (χ0n) is 10.2. The number of carbonyl (C=O) groups excluding carboxylic acids is 1. The topological polar surface area (TPSA) is 32.7 Å². The highest BCUT2D eigenvalue weighted by atomic mass is 28.3. The predicted octanol–water partition coefficient (Wildman–Crippen LogP) is 2.50. The molecule has 4 heteroatoms. The summed E-state index contributed by atoms with van der Waals surface area (Å²) in [6, 6.07) is 0. The first-order valence-corrected chi connectivity index (χ1v) is 8.56. The van der Waals surface area contributed by atoms with Gasteiger partial charge < -0.3 is 4.67 Å². The Kier molecular flexibility index (Phi) is 5.05. The van der Waals surface area contributed by atoms with Crippen LogP contribution in [0.1, 0.15) is 26.7 Å². The lowest BCUT2D eigenvalue weighted by molar-refractivity contribution is -0.113. The van der Waals surface area contributed by atoms with Gasteiger partial charge in [0.1, 0.15) is 0 Å². The van der Waals surface area contributed by atoms with Crippen LogP contribution in [0.15, 0.2) is 5.10 Å². The Labute approximate surface area is 88.3 Å². The molecule has 0 fully saturated rings. The summed E-state index contributed by atoms with van der Waals surface area (Å²) in [6.07, 6.45) is 1.50. The minimum absolute atomic E-state index is 0.164. The maximum atomic E-state index is 11.5. The molecule has 0 amide bonds. The zero-order valence-corrected chi connectivity index (χ0v) is 11.2. The summed E-state index contributed by atoms with van der Waals surface area (Å²) in [6.45, 7) is 10.4. The summed E-state index contributed by atoms with van der Waals surface area (Å²) in [5.74, 6) is 0.164. The molecular formula is C10H22N2OSi. The van der Waals surface area contributed by atoms with Crippen molar-refractivity contribution in [3.05, 3.63) is 0 Å². The second-order valence-electron chi connectivity index (χ2n) is 4.55. The Morgan fingerprint density at radius 2 is 1.86 bits per heavy atom. The van der Waals surface area contributed by atoms with E-state index in [-0.39, 0.29) is 5.78 Å². The van der Waals surface area contributed by atoms with Crippen molar-refractivity contribution < 1.29 is 4.79 Å². The van der Waals surface area contributed by atoms with E-state index in [1.165, 1.54) is 0 Å². The van der Waals surface area contributed by atoms with Gasteiger partial charge in [0, 0.05) is 13.5 Å².